The minimum Gasteiger partial charge on any atom is -0.497 e. The molecule has 0 heterocycles. The Hall–Kier alpha value is -1.75. The lowest BCUT2D eigenvalue weighted by Crippen LogP contribution is -2.37. The molecule has 0 aliphatic carbocycles. The molecule has 0 saturated carbocycles. The van der Waals surface area contributed by atoms with Crippen LogP contribution < -0.4 is 20.5 Å². The summed E-state index contributed by atoms with van der Waals surface area (Å²) in [5.41, 5.74) is 6.44. The molecule has 0 aromatic heterocycles. The summed E-state index contributed by atoms with van der Waals surface area (Å²) in [5, 5.41) is 2.83. The number of methoxy groups -OCH3 is 2. The molecule has 0 aliphatic rings. The molecular formula is C14H22N2O3. The van der Waals surface area contributed by atoms with E-state index < -0.39 is 0 Å². The monoisotopic (exact) mass is 266 g/mol. The van der Waals surface area contributed by atoms with Gasteiger partial charge in [-0.1, -0.05) is 6.07 Å². The van der Waals surface area contributed by atoms with Gasteiger partial charge in [0.2, 0.25) is 5.91 Å². The first-order chi connectivity index (χ1) is 9.10. The van der Waals surface area contributed by atoms with Gasteiger partial charge in [0.25, 0.3) is 0 Å². The van der Waals surface area contributed by atoms with Crippen LogP contribution >= 0.6 is 0 Å². The van der Waals surface area contributed by atoms with Crippen LogP contribution in [0.5, 0.6) is 11.5 Å². The largest absolute Gasteiger partial charge is 0.497 e. The summed E-state index contributed by atoms with van der Waals surface area (Å²) in [6.45, 7) is 2.32. The Morgan fingerprint density at radius 2 is 2.11 bits per heavy atom. The lowest BCUT2D eigenvalue weighted by Gasteiger charge is -2.13. The summed E-state index contributed by atoms with van der Waals surface area (Å²) in [5.74, 6) is 1.47. The Kier molecular flexibility index (Phi) is 6.15. The Labute approximate surface area is 114 Å². The molecule has 0 fully saturated rings. The molecule has 19 heavy (non-hydrogen) atoms. The Bertz CT molecular complexity index is 421. The summed E-state index contributed by atoms with van der Waals surface area (Å²) in [6.07, 6.45) is 1.03. The van der Waals surface area contributed by atoms with Gasteiger partial charge in [-0.2, -0.15) is 0 Å². The van der Waals surface area contributed by atoms with Crippen molar-refractivity contribution in [2.45, 2.75) is 25.8 Å². The van der Waals surface area contributed by atoms with Crippen molar-refractivity contribution in [3.8, 4) is 11.5 Å². The second kappa shape index (κ2) is 7.63. The van der Waals surface area contributed by atoms with E-state index in [0.29, 0.717) is 19.4 Å². The van der Waals surface area contributed by atoms with Crippen LogP contribution in [0.1, 0.15) is 18.9 Å². The molecule has 1 rings (SSSR count). The van der Waals surface area contributed by atoms with E-state index in [9.17, 15) is 4.79 Å². The number of carbonyl (C=O) groups excluding carboxylic acids is 1. The van der Waals surface area contributed by atoms with Crippen molar-refractivity contribution in [3.05, 3.63) is 23.8 Å². The number of benzene rings is 1. The normalized spacial score (nSPS) is 11.8. The highest BCUT2D eigenvalue weighted by Gasteiger charge is 2.09. The van der Waals surface area contributed by atoms with Crippen LogP contribution in [-0.4, -0.2) is 32.7 Å². The standard InChI is InChI=1S/C14H22N2O3/c1-10(9-15)16-14(17)7-5-11-4-6-12(18-2)8-13(11)19-3/h4,6,8,10H,5,7,9,15H2,1-3H3,(H,16,17). The minimum atomic E-state index is -0.00387. The second-order valence-electron chi connectivity index (χ2n) is 4.38. The van der Waals surface area contributed by atoms with Crippen molar-refractivity contribution in [2.75, 3.05) is 20.8 Å². The maximum absolute atomic E-state index is 11.7. The highest BCUT2D eigenvalue weighted by Crippen LogP contribution is 2.25. The molecule has 5 nitrogen and oxygen atoms in total. The van der Waals surface area contributed by atoms with E-state index in [-0.39, 0.29) is 11.9 Å². The van der Waals surface area contributed by atoms with Crippen molar-refractivity contribution in [2.24, 2.45) is 5.73 Å². The Morgan fingerprint density at radius 1 is 1.37 bits per heavy atom. The molecule has 0 bridgehead atoms. The summed E-state index contributed by atoms with van der Waals surface area (Å²) in [7, 11) is 3.21. The van der Waals surface area contributed by atoms with E-state index in [4.69, 9.17) is 15.2 Å². The van der Waals surface area contributed by atoms with Crippen molar-refractivity contribution < 1.29 is 14.3 Å². The van der Waals surface area contributed by atoms with Gasteiger partial charge in [-0.3, -0.25) is 4.79 Å². The first kappa shape index (κ1) is 15.3. The van der Waals surface area contributed by atoms with Gasteiger partial charge in [0, 0.05) is 25.1 Å². The van der Waals surface area contributed by atoms with Crippen LogP contribution in [0, 0.1) is 0 Å². The number of nitrogens with two attached hydrogens (primary N) is 1. The molecular weight excluding hydrogens is 244 g/mol. The van der Waals surface area contributed by atoms with Crippen molar-refractivity contribution in [1.29, 1.82) is 0 Å². The topological polar surface area (TPSA) is 73.6 Å². The van der Waals surface area contributed by atoms with E-state index in [1.165, 1.54) is 0 Å². The van der Waals surface area contributed by atoms with E-state index in [2.05, 4.69) is 5.32 Å². The molecule has 1 amide bonds. The van der Waals surface area contributed by atoms with Crippen molar-refractivity contribution >= 4 is 5.91 Å². The van der Waals surface area contributed by atoms with Crippen molar-refractivity contribution in [3.63, 3.8) is 0 Å². The van der Waals surface area contributed by atoms with Gasteiger partial charge in [-0.05, 0) is 25.0 Å². The first-order valence-electron chi connectivity index (χ1n) is 6.31. The number of amides is 1. The van der Waals surface area contributed by atoms with E-state index in [1.54, 1.807) is 14.2 Å². The molecule has 1 aromatic rings. The van der Waals surface area contributed by atoms with Gasteiger partial charge in [0.1, 0.15) is 11.5 Å². The third-order valence-corrected chi connectivity index (χ3v) is 2.88. The third-order valence-electron chi connectivity index (χ3n) is 2.88. The molecule has 1 unspecified atom stereocenters. The van der Waals surface area contributed by atoms with Gasteiger partial charge in [-0.25, -0.2) is 0 Å². The maximum atomic E-state index is 11.7. The lowest BCUT2D eigenvalue weighted by atomic mass is 10.1. The lowest BCUT2D eigenvalue weighted by molar-refractivity contribution is -0.121. The van der Waals surface area contributed by atoms with Crippen LogP contribution in [0.2, 0.25) is 0 Å². The zero-order valence-corrected chi connectivity index (χ0v) is 11.7. The molecule has 0 radical (unpaired) electrons. The predicted molar refractivity (Wildman–Crippen MR) is 74.5 cm³/mol. The van der Waals surface area contributed by atoms with Gasteiger partial charge in [-0.15, -0.1) is 0 Å². The van der Waals surface area contributed by atoms with Crippen LogP contribution in [0.25, 0.3) is 0 Å². The summed E-state index contributed by atoms with van der Waals surface area (Å²) in [4.78, 5) is 11.7. The average molecular weight is 266 g/mol. The molecule has 3 N–H and O–H groups in total. The van der Waals surface area contributed by atoms with Gasteiger partial charge < -0.3 is 20.5 Å². The number of ether oxygens (including phenoxy) is 2. The number of hydrogen-bond donors (Lipinski definition) is 2. The number of rotatable bonds is 7. The first-order valence-corrected chi connectivity index (χ1v) is 6.31. The second-order valence-corrected chi connectivity index (χ2v) is 4.38. The third kappa shape index (κ3) is 4.79. The molecule has 0 saturated heterocycles. The fourth-order valence-corrected chi connectivity index (χ4v) is 1.71. The molecule has 1 atom stereocenters. The van der Waals surface area contributed by atoms with Crippen molar-refractivity contribution in [1.82, 2.24) is 5.32 Å². The van der Waals surface area contributed by atoms with E-state index in [0.717, 1.165) is 17.1 Å². The van der Waals surface area contributed by atoms with Crippen LogP contribution in [0.15, 0.2) is 18.2 Å². The summed E-state index contributed by atoms with van der Waals surface area (Å²) < 4.78 is 10.4. The zero-order valence-electron chi connectivity index (χ0n) is 11.7. The predicted octanol–water partition coefficient (Wildman–Crippen LogP) is 1.10. The SMILES string of the molecule is COc1ccc(CCC(=O)NC(C)CN)c(OC)c1. The average Bonchev–Trinajstić information content (AvgIpc) is 2.44. The van der Waals surface area contributed by atoms with Crippen LogP contribution in [-0.2, 0) is 11.2 Å². The Balaban J connectivity index is 2.59. The van der Waals surface area contributed by atoms with Gasteiger partial charge >= 0.3 is 0 Å². The highest BCUT2D eigenvalue weighted by atomic mass is 16.5. The molecule has 1 aromatic carbocycles. The summed E-state index contributed by atoms with van der Waals surface area (Å²) in [6, 6.07) is 5.59. The summed E-state index contributed by atoms with van der Waals surface area (Å²) >= 11 is 0. The smallest absolute Gasteiger partial charge is 0.220 e. The van der Waals surface area contributed by atoms with Gasteiger partial charge in [0.15, 0.2) is 0 Å². The van der Waals surface area contributed by atoms with Crippen LogP contribution in [0.3, 0.4) is 0 Å². The quantitative estimate of drug-likeness (QED) is 0.775. The number of nitrogens with one attached hydrogen (secondary N) is 1. The molecule has 106 valence electrons. The zero-order chi connectivity index (χ0) is 14.3. The minimum absolute atomic E-state index is 0.00387. The van der Waals surface area contributed by atoms with Crippen LogP contribution in [0.4, 0.5) is 0 Å². The number of carbonyl (C=O) groups is 1. The van der Waals surface area contributed by atoms with E-state index >= 15 is 0 Å². The fraction of sp³-hybridized carbons (Fsp3) is 0.500. The van der Waals surface area contributed by atoms with Gasteiger partial charge in [0.05, 0.1) is 14.2 Å². The molecule has 5 heteroatoms. The molecule has 0 spiro atoms. The number of aryl methyl sites for hydroxylation is 1. The Morgan fingerprint density at radius 3 is 2.68 bits per heavy atom. The molecule has 0 aliphatic heterocycles. The van der Waals surface area contributed by atoms with E-state index in [1.807, 2.05) is 25.1 Å². The maximum Gasteiger partial charge on any atom is 0.220 e. The number of hydrogen-bond acceptors (Lipinski definition) is 4. The fourth-order valence-electron chi connectivity index (χ4n) is 1.71. The highest BCUT2D eigenvalue weighted by molar-refractivity contribution is 5.76.